The van der Waals surface area contributed by atoms with Gasteiger partial charge in [0.05, 0.1) is 16.4 Å². The summed E-state index contributed by atoms with van der Waals surface area (Å²) in [4.78, 5) is 22.4. The number of benzene rings is 1. The van der Waals surface area contributed by atoms with Gasteiger partial charge in [-0.3, -0.25) is 14.9 Å². The zero-order chi connectivity index (χ0) is 20.6. The zero-order valence-electron chi connectivity index (χ0n) is 15.4. The van der Waals surface area contributed by atoms with E-state index < -0.39 is 4.92 Å². The summed E-state index contributed by atoms with van der Waals surface area (Å²) in [5.41, 5.74) is 5.33. The van der Waals surface area contributed by atoms with Crippen LogP contribution in [0, 0.1) is 10.1 Å². The van der Waals surface area contributed by atoms with E-state index in [4.69, 9.17) is 10.5 Å². The molecule has 3 aromatic rings. The highest BCUT2D eigenvalue weighted by Gasteiger charge is 2.15. The Labute approximate surface area is 175 Å². The van der Waals surface area contributed by atoms with Crippen molar-refractivity contribution in [2.24, 2.45) is 5.73 Å². The Balaban J connectivity index is 1.53. The summed E-state index contributed by atoms with van der Waals surface area (Å²) in [6, 6.07) is 9.89. The molecule has 1 amide bonds. The molecule has 1 aromatic carbocycles. The van der Waals surface area contributed by atoms with Gasteiger partial charge < -0.3 is 15.0 Å². The summed E-state index contributed by atoms with van der Waals surface area (Å²) in [5.74, 6) is 1.69. The Kier molecular flexibility index (Phi) is 7.19. The molecule has 0 unspecified atom stereocenters. The number of nitrogens with zero attached hydrogens (tertiary/aromatic N) is 4. The number of aromatic nitrogens is 3. The normalized spacial score (nSPS) is 10.8. The van der Waals surface area contributed by atoms with Crippen LogP contribution in [-0.2, 0) is 11.3 Å². The highest BCUT2D eigenvalue weighted by Crippen LogP contribution is 2.28. The molecule has 0 saturated heterocycles. The number of rotatable bonds is 11. The number of hydrogen-bond acceptors (Lipinski definition) is 8. The van der Waals surface area contributed by atoms with Gasteiger partial charge in [-0.2, -0.15) is 0 Å². The first-order valence-corrected chi connectivity index (χ1v) is 10.7. The number of carbonyl (C=O) groups excluding carboxylic acids is 1. The van der Waals surface area contributed by atoms with Crippen molar-refractivity contribution in [1.29, 1.82) is 0 Å². The van der Waals surface area contributed by atoms with Gasteiger partial charge in [0, 0.05) is 30.9 Å². The maximum absolute atomic E-state index is 11.2. The molecular weight excluding hydrogens is 414 g/mol. The molecule has 0 fully saturated rings. The lowest BCUT2D eigenvalue weighted by molar-refractivity contribution is -0.384. The van der Waals surface area contributed by atoms with Crippen molar-refractivity contribution in [3.8, 4) is 16.5 Å². The largest absolute Gasteiger partial charge is 0.494 e. The maximum Gasteiger partial charge on any atom is 0.269 e. The first-order chi connectivity index (χ1) is 14.0. The number of thioether (sulfide) groups is 1. The monoisotopic (exact) mass is 433 g/mol. The standard InChI is InChI=1S/C18H19N5O4S2/c19-16(24)8-9-22-17(15-3-1-11-28-15)20-21-18(22)29-12-2-10-27-14-6-4-13(5-7-14)23(25)26/h1,3-7,11H,2,8-10,12H2,(H2,19,24). The van der Waals surface area contributed by atoms with Crippen LogP contribution >= 0.6 is 23.1 Å². The van der Waals surface area contributed by atoms with Gasteiger partial charge in [-0.25, -0.2) is 0 Å². The first kappa shape index (κ1) is 20.8. The molecule has 0 bridgehead atoms. The fourth-order valence-corrected chi connectivity index (χ4v) is 4.08. The summed E-state index contributed by atoms with van der Waals surface area (Å²) in [6.07, 6.45) is 0.964. The molecule has 0 aliphatic carbocycles. The Morgan fingerprint density at radius 1 is 1.28 bits per heavy atom. The maximum atomic E-state index is 11.2. The van der Waals surface area contributed by atoms with E-state index in [0.717, 1.165) is 28.0 Å². The highest BCUT2D eigenvalue weighted by atomic mass is 32.2. The molecule has 0 aliphatic heterocycles. The number of amides is 1. The molecule has 11 heteroatoms. The van der Waals surface area contributed by atoms with Crippen LogP contribution in [0.5, 0.6) is 5.75 Å². The molecule has 0 saturated carbocycles. The summed E-state index contributed by atoms with van der Waals surface area (Å²) in [5, 5.41) is 21.9. The SMILES string of the molecule is NC(=O)CCn1c(SCCCOc2ccc([N+](=O)[O-])cc2)nnc1-c1cccs1. The van der Waals surface area contributed by atoms with Crippen molar-refractivity contribution in [1.82, 2.24) is 14.8 Å². The van der Waals surface area contributed by atoms with Gasteiger partial charge in [0.25, 0.3) is 5.69 Å². The second-order valence-corrected chi connectivity index (χ2v) is 7.96. The molecule has 0 aliphatic rings. The lowest BCUT2D eigenvalue weighted by atomic mass is 10.3. The van der Waals surface area contributed by atoms with Gasteiger partial charge in [-0.1, -0.05) is 17.8 Å². The Morgan fingerprint density at radius 2 is 2.07 bits per heavy atom. The van der Waals surface area contributed by atoms with Crippen LogP contribution in [0.15, 0.2) is 46.9 Å². The minimum atomic E-state index is -0.445. The lowest BCUT2D eigenvalue weighted by Crippen LogP contribution is -2.15. The number of ether oxygens (including phenoxy) is 1. The zero-order valence-corrected chi connectivity index (χ0v) is 17.0. The lowest BCUT2D eigenvalue weighted by Gasteiger charge is -2.09. The van der Waals surface area contributed by atoms with Crippen molar-refractivity contribution in [2.45, 2.75) is 24.5 Å². The molecule has 2 heterocycles. The first-order valence-electron chi connectivity index (χ1n) is 8.80. The second kappa shape index (κ2) is 10.0. The molecule has 0 atom stereocenters. The fourth-order valence-electron chi connectivity index (χ4n) is 2.48. The topological polar surface area (TPSA) is 126 Å². The molecule has 3 rings (SSSR count). The average Bonchev–Trinajstić information content (AvgIpc) is 3.36. The number of primary amides is 1. The molecule has 2 aromatic heterocycles. The third kappa shape index (κ3) is 5.78. The number of hydrogen-bond donors (Lipinski definition) is 1. The van der Waals surface area contributed by atoms with Crippen LogP contribution in [-0.4, -0.2) is 38.0 Å². The number of thiophene rings is 1. The third-order valence-corrected chi connectivity index (χ3v) is 5.80. The number of non-ortho nitro benzene ring substituents is 1. The van der Waals surface area contributed by atoms with Crippen LogP contribution < -0.4 is 10.5 Å². The molecule has 0 spiro atoms. The number of nitrogens with two attached hydrogens (primary N) is 1. The smallest absolute Gasteiger partial charge is 0.269 e. The van der Waals surface area contributed by atoms with Crippen molar-refractivity contribution >= 4 is 34.7 Å². The van der Waals surface area contributed by atoms with Crippen LogP contribution in [0.3, 0.4) is 0 Å². The molecule has 2 N–H and O–H groups in total. The second-order valence-electron chi connectivity index (χ2n) is 5.95. The van der Waals surface area contributed by atoms with Crippen LogP contribution in [0.2, 0.25) is 0 Å². The number of carbonyl (C=O) groups is 1. The van der Waals surface area contributed by atoms with E-state index in [-0.39, 0.29) is 18.0 Å². The number of nitro groups is 1. The Bertz CT molecular complexity index is 957. The van der Waals surface area contributed by atoms with Crippen LogP contribution in [0.4, 0.5) is 5.69 Å². The van der Waals surface area contributed by atoms with E-state index in [1.807, 2.05) is 22.1 Å². The third-order valence-electron chi connectivity index (χ3n) is 3.88. The molecule has 9 nitrogen and oxygen atoms in total. The fraction of sp³-hybridized carbons (Fsp3) is 0.278. The van der Waals surface area contributed by atoms with Crippen molar-refractivity contribution in [2.75, 3.05) is 12.4 Å². The van der Waals surface area contributed by atoms with E-state index in [9.17, 15) is 14.9 Å². The van der Waals surface area contributed by atoms with Crippen molar-refractivity contribution in [3.05, 3.63) is 51.9 Å². The van der Waals surface area contributed by atoms with Crippen molar-refractivity contribution < 1.29 is 14.5 Å². The van der Waals surface area contributed by atoms with Gasteiger partial charge in [-0.15, -0.1) is 21.5 Å². The van der Waals surface area contributed by atoms with Gasteiger partial charge in [-0.05, 0) is 30.0 Å². The van der Waals surface area contributed by atoms with Crippen LogP contribution in [0.25, 0.3) is 10.7 Å². The minimum Gasteiger partial charge on any atom is -0.494 e. The van der Waals surface area contributed by atoms with Gasteiger partial charge >= 0.3 is 0 Å². The summed E-state index contributed by atoms with van der Waals surface area (Å²) in [7, 11) is 0. The minimum absolute atomic E-state index is 0.0322. The summed E-state index contributed by atoms with van der Waals surface area (Å²) >= 11 is 3.09. The van der Waals surface area contributed by atoms with Gasteiger partial charge in [0.2, 0.25) is 5.91 Å². The quantitative estimate of drug-likeness (QED) is 0.213. The average molecular weight is 434 g/mol. The molecular formula is C18H19N5O4S2. The predicted octanol–water partition coefficient (Wildman–Crippen LogP) is 3.35. The molecule has 29 heavy (non-hydrogen) atoms. The van der Waals surface area contributed by atoms with Crippen molar-refractivity contribution in [3.63, 3.8) is 0 Å². The molecule has 152 valence electrons. The predicted molar refractivity (Wildman–Crippen MR) is 111 cm³/mol. The van der Waals surface area contributed by atoms with E-state index in [1.54, 1.807) is 23.5 Å². The van der Waals surface area contributed by atoms with Gasteiger partial charge in [0.15, 0.2) is 11.0 Å². The highest BCUT2D eigenvalue weighted by molar-refractivity contribution is 7.99. The Morgan fingerprint density at radius 3 is 2.72 bits per heavy atom. The molecule has 0 radical (unpaired) electrons. The number of nitro benzene ring substituents is 1. The van der Waals surface area contributed by atoms with Crippen LogP contribution in [0.1, 0.15) is 12.8 Å². The van der Waals surface area contributed by atoms with E-state index in [1.165, 1.54) is 23.9 Å². The van der Waals surface area contributed by atoms with E-state index in [2.05, 4.69) is 10.2 Å². The van der Waals surface area contributed by atoms with E-state index in [0.29, 0.717) is 18.9 Å². The van der Waals surface area contributed by atoms with E-state index >= 15 is 0 Å². The van der Waals surface area contributed by atoms with Gasteiger partial charge in [0.1, 0.15) is 5.75 Å². The Hall–Kier alpha value is -2.92. The summed E-state index contributed by atoms with van der Waals surface area (Å²) in [6.45, 7) is 0.898. The summed E-state index contributed by atoms with van der Waals surface area (Å²) < 4.78 is 7.53.